The van der Waals surface area contributed by atoms with Crippen LogP contribution < -0.4 is 9.30 Å². The number of fused-ring (bicyclic) bond motifs is 5. The van der Waals surface area contributed by atoms with Gasteiger partial charge in [-0.25, -0.2) is 4.98 Å². The summed E-state index contributed by atoms with van der Waals surface area (Å²) in [6.07, 6.45) is 6.23. The Morgan fingerprint density at radius 3 is 2.02 bits per heavy atom. The zero-order valence-corrected chi connectivity index (χ0v) is 39.3. The standard InChI is InChI=1S/C59H50N4O.Pt/c1-57(2,3)41-30-31-60-55(32-41)63-51-27-15-14-24-47(51)48-29-28-44(34-52(48)63)64-43-23-16-22-42(33-43)61-38-62(54-36-50-49(35-53(54)61)58(4,5)37-59(50,6)7)56-45(39-18-10-8-11-19-39)25-17-26-46(56)40-20-12-9-13-21-40;/h8-32,35-36H,37H2,1-7H3;/q-2;/i8D,9D,10D,11D,12D,13D,18D,19D,20D,21D;. The molecule has 0 bridgehead atoms. The molecule has 0 fully saturated rings. The van der Waals surface area contributed by atoms with Crippen LogP contribution in [0.5, 0.6) is 11.5 Å². The van der Waals surface area contributed by atoms with Crippen molar-refractivity contribution in [2.24, 2.45) is 0 Å². The van der Waals surface area contributed by atoms with Crippen LogP contribution in [0.15, 0.2) is 164 Å². The Hall–Kier alpha value is -6.55. The van der Waals surface area contributed by atoms with Gasteiger partial charge in [-0.15, -0.1) is 29.7 Å². The van der Waals surface area contributed by atoms with E-state index in [2.05, 4.69) is 102 Å². The van der Waals surface area contributed by atoms with E-state index in [4.69, 9.17) is 17.9 Å². The Balaban J connectivity index is 0.00000641. The third kappa shape index (κ3) is 7.31. The van der Waals surface area contributed by atoms with Crippen LogP contribution in [-0.2, 0) is 37.3 Å². The number of hydrogen-bond acceptors (Lipinski definition) is 2. The molecule has 0 amide bonds. The topological polar surface area (TPSA) is 35.9 Å². The van der Waals surface area contributed by atoms with Crippen molar-refractivity contribution in [1.82, 2.24) is 14.1 Å². The molecule has 0 unspecified atom stereocenters. The van der Waals surface area contributed by atoms with E-state index in [1.807, 2.05) is 53.2 Å². The first kappa shape index (κ1) is 32.2. The molecule has 0 aliphatic heterocycles. The van der Waals surface area contributed by atoms with Crippen molar-refractivity contribution < 1.29 is 44.1 Å². The van der Waals surface area contributed by atoms with E-state index >= 15 is 0 Å². The van der Waals surface area contributed by atoms with Crippen molar-refractivity contribution >= 4 is 32.8 Å². The largest absolute Gasteiger partial charge is 0.510 e. The van der Waals surface area contributed by atoms with Gasteiger partial charge in [0.25, 0.3) is 6.33 Å². The van der Waals surface area contributed by atoms with E-state index in [-0.39, 0.29) is 65.3 Å². The summed E-state index contributed by atoms with van der Waals surface area (Å²) in [5.41, 5.74) is 6.51. The van der Waals surface area contributed by atoms with Crippen LogP contribution in [0.3, 0.4) is 0 Å². The first-order valence-electron chi connectivity index (χ1n) is 26.4. The number of pyridine rings is 1. The molecule has 6 heteroatoms. The molecular formula is C59H50N4OPt-2. The zero-order chi connectivity index (χ0) is 52.7. The zero-order valence-electron chi connectivity index (χ0n) is 47.0. The maximum atomic E-state index is 9.18. The van der Waals surface area contributed by atoms with Crippen LogP contribution in [0.25, 0.3) is 72.3 Å². The SMILES string of the molecule is [2H]c1c([2H])c([2H])c(-c2cccc(-c3c([2H])c([2H])c([2H])c([2H])c3[2H])c2-[n+]2[c-]n(-c3[c-]c(Oc4[c-]c5c(cc4)c4ccccc4n5-c4cc(C(C)(C)C)ccn4)ccc3)c3cc4c(cc32)C(C)(C)CC4(C)C)c([2H])c1[2H].[Pt]. The number of para-hydroxylation sites is 2. The molecule has 0 radical (unpaired) electrons. The van der Waals surface area contributed by atoms with Gasteiger partial charge in [-0.05, 0) is 103 Å². The Morgan fingerprint density at radius 1 is 0.677 bits per heavy atom. The first-order valence-corrected chi connectivity index (χ1v) is 21.4. The Labute approximate surface area is 410 Å². The number of benzene rings is 7. The molecule has 7 aromatic carbocycles. The normalized spacial score (nSPS) is 16.3. The van der Waals surface area contributed by atoms with Gasteiger partial charge in [-0.1, -0.05) is 151 Å². The van der Waals surface area contributed by atoms with Gasteiger partial charge in [0.15, 0.2) is 0 Å². The van der Waals surface area contributed by atoms with E-state index in [1.165, 1.54) is 0 Å². The molecule has 3 aromatic heterocycles. The molecule has 324 valence electrons. The predicted octanol–water partition coefficient (Wildman–Crippen LogP) is 14.2. The van der Waals surface area contributed by atoms with Gasteiger partial charge in [0.05, 0.1) is 30.4 Å². The van der Waals surface area contributed by atoms with Crippen LogP contribution in [0.1, 0.15) is 85.3 Å². The predicted molar refractivity (Wildman–Crippen MR) is 260 cm³/mol. The van der Waals surface area contributed by atoms with Crippen molar-refractivity contribution in [2.45, 2.75) is 71.1 Å². The molecule has 0 saturated heterocycles. The molecule has 1 aliphatic rings. The smallest absolute Gasteiger partial charge is 0.268 e. The molecule has 65 heavy (non-hydrogen) atoms. The minimum atomic E-state index is -0.566. The summed E-state index contributed by atoms with van der Waals surface area (Å²) >= 11 is 0. The van der Waals surface area contributed by atoms with Crippen molar-refractivity contribution in [1.29, 1.82) is 0 Å². The summed E-state index contributed by atoms with van der Waals surface area (Å²) in [6.45, 7) is 15.3. The van der Waals surface area contributed by atoms with Crippen LogP contribution >= 0.6 is 0 Å². The second-order valence-corrected chi connectivity index (χ2v) is 18.9. The first-order chi connectivity index (χ1) is 35.0. The van der Waals surface area contributed by atoms with Crippen LogP contribution in [0, 0.1) is 18.5 Å². The molecule has 11 rings (SSSR count). The van der Waals surface area contributed by atoms with Gasteiger partial charge in [0.1, 0.15) is 5.82 Å². The molecule has 1 aliphatic carbocycles. The maximum Gasteiger partial charge on any atom is 0.268 e. The monoisotopic (exact) mass is 1040 g/mol. The maximum absolute atomic E-state index is 9.18. The molecule has 3 heterocycles. The number of imidazole rings is 1. The van der Waals surface area contributed by atoms with Gasteiger partial charge in [0.2, 0.25) is 0 Å². The van der Waals surface area contributed by atoms with E-state index in [9.17, 15) is 5.48 Å². The van der Waals surface area contributed by atoms with Gasteiger partial charge in [0, 0.05) is 44.3 Å². The third-order valence-electron chi connectivity index (χ3n) is 12.5. The van der Waals surface area contributed by atoms with E-state index in [1.54, 1.807) is 28.8 Å². The summed E-state index contributed by atoms with van der Waals surface area (Å²) in [5, 5.41) is 2.03. The third-order valence-corrected chi connectivity index (χ3v) is 12.5. The fourth-order valence-electron chi connectivity index (χ4n) is 9.79. The van der Waals surface area contributed by atoms with Crippen LogP contribution in [-0.4, -0.2) is 14.1 Å². The Kier molecular flexibility index (Phi) is 7.84. The van der Waals surface area contributed by atoms with E-state index in [0.717, 1.165) is 50.7 Å². The average molecular weight is 1040 g/mol. The number of rotatable bonds is 7. The fourth-order valence-corrected chi connectivity index (χ4v) is 9.79. The molecule has 0 atom stereocenters. The van der Waals surface area contributed by atoms with E-state index < -0.39 is 60.4 Å². The van der Waals surface area contributed by atoms with Gasteiger partial charge < -0.3 is 13.9 Å². The minimum Gasteiger partial charge on any atom is -0.510 e. The number of aromatic nitrogens is 4. The van der Waals surface area contributed by atoms with Crippen molar-refractivity contribution in [3.05, 3.63) is 199 Å². The summed E-state index contributed by atoms with van der Waals surface area (Å²) < 4.78 is 101. The van der Waals surface area contributed by atoms with Crippen molar-refractivity contribution in [3.63, 3.8) is 0 Å². The second kappa shape index (κ2) is 15.9. The summed E-state index contributed by atoms with van der Waals surface area (Å²) in [7, 11) is 0. The van der Waals surface area contributed by atoms with Crippen molar-refractivity contribution in [2.75, 3.05) is 0 Å². The molecule has 0 spiro atoms. The number of nitrogens with zero attached hydrogens (tertiary/aromatic N) is 4. The van der Waals surface area contributed by atoms with Gasteiger partial charge in [-0.3, -0.25) is 4.57 Å². The molecule has 5 nitrogen and oxygen atoms in total. The number of ether oxygens (including phenoxy) is 1. The average Bonchev–Trinajstić information content (AvgIpc) is 3.96. The minimum absolute atomic E-state index is 0. The summed E-state index contributed by atoms with van der Waals surface area (Å²) in [6, 6.07) is 32.7. The van der Waals surface area contributed by atoms with E-state index in [0.29, 0.717) is 28.2 Å². The van der Waals surface area contributed by atoms with Crippen LogP contribution in [0.4, 0.5) is 0 Å². The van der Waals surface area contributed by atoms with Gasteiger partial charge in [-0.2, -0.15) is 18.2 Å². The Bertz CT molecular complexity index is 3900. The molecule has 10 aromatic rings. The number of hydrogen-bond donors (Lipinski definition) is 0. The van der Waals surface area contributed by atoms with Crippen LogP contribution in [0.2, 0.25) is 0 Å². The quantitative estimate of drug-likeness (QED) is 0.118. The Morgan fingerprint density at radius 2 is 1.32 bits per heavy atom. The van der Waals surface area contributed by atoms with Crippen molar-refractivity contribution in [3.8, 4) is 50.9 Å². The fraction of sp³-hybridized carbons (Fsp3) is 0.186. The summed E-state index contributed by atoms with van der Waals surface area (Å²) in [4.78, 5) is 4.83. The van der Waals surface area contributed by atoms with Gasteiger partial charge >= 0.3 is 0 Å². The summed E-state index contributed by atoms with van der Waals surface area (Å²) in [5.74, 6) is 1.57. The molecular weight excluding hydrogens is 976 g/mol. The molecule has 0 saturated carbocycles. The molecule has 0 N–H and O–H groups in total. The second-order valence-electron chi connectivity index (χ2n) is 18.9.